The molecule has 2 amide bonds. The minimum Gasteiger partial charge on any atom is -0.462 e. The number of nitrogens with two attached hydrogens (primary N) is 1. The number of esters is 1. The summed E-state index contributed by atoms with van der Waals surface area (Å²) in [5.74, 6) is -1.63. The van der Waals surface area contributed by atoms with Crippen LogP contribution in [0, 0.1) is 0 Å². The number of hydrogen-bond donors (Lipinski definition) is 2. The number of primary amides is 1. The molecule has 33 heavy (non-hydrogen) atoms. The number of carbonyl (C=O) groups is 3. The Balaban J connectivity index is 1.60. The predicted octanol–water partition coefficient (Wildman–Crippen LogP) is 3.05. The fraction of sp³-hybridized carbons (Fsp3) is 0.174. The summed E-state index contributed by atoms with van der Waals surface area (Å²) in [5, 5.41) is 8.69. The number of nitrogens with one attached hydrogen (secondary N) is 1. The highest BCUT2D eigenvalue weighted by Gasteiger charge is 2.35. The van der Waals surface area contributed by atoms with E-state index in [1.54, 1.807) is 31.2 Å². The van der Waals surface area contributed by atoms with Gasteiger partial charge in [0.1, 0.15) is 16.6 Å². The molecule has 0 saturated carbocycles. The molecule has 0 spiro atoms. The third kappa shape index (κ3) is 4.75. The fourth-order valence-electron chi connectivity index (χ4n) is 3.36. The second kappa shape index (κ2) is 9.61. The zero-order valence-electron chi connectivity index (χ0n) is 17.7. The fourth-order valence-corrected chi connectivity index (χ4v) is 4.23. The predicted molar refractivity (Wildman–Crippen MR) is 126 cm³/mol. The quantitative estimate of drug-likeness (QED) is 0.519. The molecule has 2 aromatic carbocycles. The molecule has 1 aliphatic heterocycles. The van der Waals surface area contributed by atoms with Gasteiger partial charge in [-0.05, 0) is 19.1 Å². The summed E-state index contributed by atoms with van der Waals surface area (Å²) in [7, 11) is 0. The van der Waals surface area contributed by atoms with Crippen molar-refractivity contribution < 1.29 is 19.1 Å². The monoisotopic (exact) mass is 463 g/mol. The highest BCUT2D eigenvalue weighted by Crippen LogP contribution is 2.32. The van der Waals surface area contributed by atoms with Crippen molar-refractivity contribution >= 4 is 45.7 Å². The van der Waals surface area contributed by atoms with Crippen LogP contribution in [0.5, 0.6) is 0 Å². The molecule has 168 valence electrons. The largest absolute Gasteiger partial charge is 0.462 e. The second-order valence-electron chi connectivity index (χ2n) is 7.09. The van der Waals surface area contributed by atoms with Gasteiger partial charge < -0.3 is 10.5 Å². The molecule has 0 radical (unpaired) electrons. The van der Waals surface area contributed by atoms with E-state index in [2.05, 4.69) is 15.4 Å². The number of hydrogen-bond acceptors (Lipinski definition) is 8. The van der Waals surface area contributed by atoms with Crippen LogP contribution in [0.25, 0.3) is 11.3 Å². The lowest BCUT2D eigenvalue weighted by molar-refractivity contribution is -0.119. The molecule has 3 N–H and O–H groups in total. The van der Waals surface area contributed by atoms with Gasteiger partial charge in [-0.3, -0.25) is 19.9 Å². The van der Waals surface area contributed by atoms with Gasteiger partial charge in [-0.2, -0.15) is 5.10 Å². The first-order valence-electron chi connectivity index (χ1n) is 10.2. The first-order chi connectivity index (χ1) is 16.0. The normalized spacial score (nSPS) is 15.1. The molecule has 2 heterocycles. The van der Waals surface area contributed by atoms with Gasteiger partial charge in [0.25, 0.3) is 5.91 Å². The lowest BCUT2D eigenvalue weighted by Crippen LogP contribution is -2.39. The second-order valence-corrected chi connectivity index (χ2v) is 8.09. The van der Waals surface area contributed by atoms with Crippen LogP contribution < -0.4 is 16.1 Å². The molecular formula is C23H21N5O4S. The smallest absolute Gasteiger partial charge is 0.350 e. The third-order valence-electron chi connectivity index (χ3n) is 4.88. The number of para-hydroxylation sites is 1. The van der Waals surface area contributed by atoms with Crippen LogP contribution >= 0.6 is 11.3 Å². The van der Waals surface area contributed by atoms with Gasteiger partial charge >= 0.3 is 5.97 Å². The van der Waals surface area contributed by atoms with E-state index in [1.807, 2.05) is 36.4 Å². The summed E-state index contributed by atoms with van der Waals surface area (Å²) in [6, 6.07) is 17.4. The topological polar surface area (TPSA) is 127 Å². The minimum absolute atomic E-state index is 0.0533. The number of anilines is 2. The Bertz CT molecular complexity index is 1210. The summed E-state index contributed by atoms with van der Waals surface area (Å²) in [6.07, 6.45) is 0.0533. The Labute approximate surface area is 193 Å². The Hall–Kier alpha value is -4.05. The summed E-state index contributed by atoms with van der Waals surface area (Å²) in [4.78, 5) is 42.1. The number of benzene rings is 2. The van der Waals surface area contributed by atoms with E-state index in [0.717, 1.165) is 16.9 Å². The molecule has 1 aromatic heterocycles. The number of carbonyl (C=O) groups excluding carboxylic acids is 3. The van der Waals surface area contributed by atoms with Crippen LogP contribution in [-0.4, -0.2) is 41.1 Å². The van der Waals surface area contributed by atoms with E-state index in [0.29, 0.717) is 11.4 Å². The maximum Gasteiger partial charge on any atom is 0.350 e. The average Bonchev–Trinajstić information content (AvgIpc) is 3.46. The lowest BCUT2D eigenvalue weighted by atomic mass is 10.1. The highest BCUT2D eigenvalue weighted by atomic mass is 32.1. The van der Waals surface area contributed by atoms with Crippen LogP contribution in [0.2, 0.25) is 0 Å². The Morgan fingerprint density at radius 1 is 1.12 bits per heavy atom. The van der Waals surface area contributed by atoms with Crippen molar-refractivity contribution in [3.8, 4) is 11.3 Å². The first-order valence-corrected chi connectivity index (χ1v) is 11.1. The van der Waals surface area contributed by atoms with Gasteiger partial charge in [0.05, 0.1) is 18.0 Å². The zero-order valence-corrected chi connectivity index (χ0v) is 18.5. The number of thiazole rings is 1. The maximum absolute atomic E-state index is 12.9. The van der Waals surface area contributed by atoms with Crippen molar-refractivity contribution in [2.24, 2.45) is 10.8 Å². The van der Waals surface area contributed by atoms with Crippen LogP contribution in [-0.2, 0) is 14.3 Å². The lowest BCUT2D eigenvalue weighted by Gasteiger charge is -2.20. The summed E-state index contributed by atoms with van der Waals surface area (Å²) in [5.41, 5.74) is 7.47. The van der Waals surface area contributed by atoms with Gasteiger partial charge in [-0.1, -0.05) is 59.9 Å². The van der Waals surface area contributed by atoms with E-state index in [1.165, 1.54) is 5.01 Å². The Morgan fingerprint density at radius 2 is 1.79 bits per heavy atom. The van der Waals surface area contributed by atoms with E-state index in [-0.39, 0.29) is 28.7 Å². The number of aromatic nitrogens is 1. The summed E-state index contributed by atoms with van der Waals surface area (Å²) >= 11 is 1.02. The van der Waals surface area contributed by atoms with Crippen molar-refractivity contribution in [1.29, 1.82) is 0 Å². The molecule has 0 aliphatic carbocycles. The Kier molecular flexibility index (Phi) is 6.45. The molecule has 1 atom stereocenters. The zero-order chi connectivity index (χ0) is 23.4. The third-order valence-corrected chi connectivity index (χ3v) is 5.83. The van der Waals surface area contributed by atoms with Crippen molar-refractivity contribution in [2.75, 3.05) is 16.9 Å². The molecular weight excluding hydrogens is 442 g/mol. The molecule has 0 saturated heterocycles. The van der Waals surface area contributed by atoms with Crippen LogP contribution in [0.3, 0.4) is 0 Å². The number of ether oxygens (including phenoxy) is 1. The van der Waals surface area contributed by atoms with Gasteiger partial charge in [0.15, 0.2) is 5.13 Å². The minimum atomic E-state index is -0.778. The van der Waals surface area contributed by atoms with E-state index in [9.17, 15) is 14.4 Å². The van der Waals surface area contributed by atoms with Gasteiger partial charge in [0.2, 0.25) is 5.91 Å². The van der Waals surface area contributed by atoms with Crippen LogP contribution in [0.4, 0.5) is 10.8 Å². The molecule has 1 aliphatic rings. The number of rotatable bonds is 7. The Morgan fingerprint density at radius 3 is 2.42 bits per heavy atom. The highest BCUT2D eigenvalue weighted by molar-refractivity contribution is 7.18. The van der Waals surface area contributed by atoms with Crippen LogP contribution in [0.1, 0.15) is 23.0 Å². The molecule has 1 unspecified atom stereocenters. The SMILES string of the molecule is CCOC(=O)c1sc(NC(=O)C2=NN(c3ccccc3)C(C(N)=O)C2)nc1-c1ccccc1. The van der Waals surface area contributed by atoms with Crippen molar-refractivity contribution in [3.63, 3.8) is 0 Å². The molecule has 9 nitrogen and oxygen atoms in total. The summed E-state index contributed by atoms with van der Waals surface area (Å²) < 4.78 is 5.15. The standard InChI is InChI=1S/C23H21N5O4S/c1-2-32-22(31)19-18(14-9-5-3-6-10-14)25-23(33-19)26-21(30)16-13-17(20(24)29)28(27-16)15-11-7-4-8-12-15/h3-12,17H,2,13H2,1H3,(H2,24,29)(H,25,26,30). The molecule has 4 rings (SSSR count). The molecule has 0 bridgehead atoms. The number of nitrogens with zero attached hydrogens (tertiary/aromatic N) is 3. The molecule has 3 aromatic rings. The number of hydrazone groups is 1. The summed E-state index contributed by atoms with van der Waals surface area (Å²) in [6.45, 7) is 1.93. The number of amides is 2. The maximum atomic E-state index is 12.9. The van der Waals surface area contributed by atoms with Crippen molar-refractivity contribution in [2.45, 2.75) is 19.4 Å². The van der Waals surface area contributed by atoms with E-state index < -0.39 is 23.8 Å². The van der Waals surface area contributed by atoms with E-state index >= 15 is 0 Å². The van der Waals surface area contributed by atoms with E-state index in [4.69, 9.17) is 10.5 Å². The first kappa shape index (κ1) is 22.2. The van der Waals surface area contributed by atoms with Gasteiger partial charge in [-0.15, -0.1) is 0 Å². The van der Waals surface area contributed by atoms with Crippen LogP contribution in [0.15, 0.2) is 65.8 Å². The van der Waals surface area contributed by atoms with Gasteiger partial charge in [0, 0.05) is 12.0 Å². The average molecular weight is 464 g/mol. The van der Waals surface area contributed by atoms with Gasteiger partial charge in [-0.25, -0.2) is 9.78 Å². The van der Waals surface area contributed by atoms with Crippen molar-refractivity contribution in [3.05, 3.63) is 65.5 Å². The van der Waals surface area contributed by atoms with Crippen molar-refractivity contribution in [1.82, 2.24) is 4.98 Å². The molecule has 10 heteroatoms. The molecule has 0 fully saturated rings.